The molecule has 0 radical (unpaired) electrons. The van der Waals surface area contributed by atoms with Crippen LogP contribution in [-0.2, 0) is 11.2 Å². The first-order valence-electron chi connectivity index (χ1n) is 5.99. The van der Waals surface area contributed by atoms with Crippen LogP contribution in [0.1, 0.15) is 36.4 Å². The van der Waals surface area contributed by atoms with Crippen LogP contribution >= 0.6 is 11.3 Å². The molecule has 2 unspecified atom stereocenters. The second-order valence-corrected chi connectivity index (χ2v) is 5.37. The van der Waals surface area contributed by atoms with E-state index in [0.29, 0.717) is 12.0 Å². The van der Waals surface area contributed by atoms with Crippen LogP contribution in [-0.4, -0.2) is 31.3 Å². The van der Waals surface area contributed by atoms with E-state index in [0.717, 1.165) is 19.6 Å². The van der Waals surface area contributed by atoms with Crippen molar-refractivity contribution >= 4 is 11.3 Å². The fourth-order valence-corrected chi connectivity index (χ4v) is 2.91. The summed E-state index contributed by atoms with van der Waals surface area (Å²) in [6.07, 6.45) is 3.42. The van der Waals surface area contributed by atoms with Gasteiger partial charge in [-0.15, -0.1) is 11.3 Å². The molecule has 0 bridgehead atoms. The third-order valence-electron chi connectivity index (χ3n) is 3.09. The molecule has 1 saturated heterocycles. The van der Waals surface area contributed by atoms with Gasteiger partial charge < -0.3 is 10.1 Å². The fourth-order valence-electron chi connectivity index (χ4n) is 1.96. The van der Waals surface area contributed by atoms with Crippen LogP contribution in [0.5, 0.6) is 0 Å². The number of hydrogen-bond donors (Lipinski definition) is 1. The van der Waals surface area contributed by atoms with E-state index in [1.54, 1.807) is 11.3 Å². The zero-order chi connectivity index (χ0) is 11.4. The van der Waals surface area contributed by atoms with Crippen molar-refractivity contribution in [1.82, 2.24) is 10.3 Å². The first kappa shape index (κ1) is 12.0. The van der Waals surface area contributed by atoms with Gasteiger partial charge in [-0.1, -0.05) is 0 Å². The summed E-state index contributed by atoms with van der Waals surface area (Å²) in [6.45, 7) is 3.96. The van der Waals surface area contributed by atoms with Crippen molar-refractivity contribution in [1.29, 1.82) is 0 Å². The summed E-state index contributed by atoms with van der Waals surface area (Å²) >= 11 is 1.79. The predicted molar refractivity (Wildman–Crippen MR) is 67.1 cm³/mol. The van der Waals surface area contributed by atoms with Crippen LogP contribution in [0.4, 0.5) is 0 Å². The average Bonchev–Trinajstić information content (AvgIpc) is 2.78. The highest BCUT2D eigenvalue weighted by atomic mass is 32.1. The first-order chi connectivity index (χ1) is 7.79. The first-order valence-corrected chi connectivity index (χ1v) is 6.87. The van der Waals surface area contributed by atoms with E-state index in [9.17, 15) is 0 Å². The molecule has 0 spiro atoms. The van der Waals surface area contributed by atoms with Crippen molar-refractivity contribution in [3.8, 4) is 0 Å². The fraction of sp³-hybridized carbons (Fsp3) is 0.750. The lowest BCUT2D eigenvalue weighted by atomic mass is 10.0. The van der Waals surface area contributed by atoms with Crippen molar-refractivity contribution in [2.24, 2.45) is 0 Å². The number of aromatic nitrogens is 1. The summed E-state index contributed by atoms with van der Waals surface area (Å²) in [5.74, 6) is 0.539. The molecule has 2 rings (SSSR count). The molecule has 16 heavy (non-hydrogen) atoms. The van der Waals surface area contributed by atoms with Gasteiger partial charge >= 0.3 is 0 Å². The molecule has 90 valence electrons. The van der Waals surface area contributed by atoms with Gasteiger partial charge in [-0.25, -0.2) is 4.98 Å². The zero-order valence-electron chi connectivity index (χ0n) is 10.0. The Bertz CT molecular complexity index is 321. The summed E-state index contributed by atoms with van der Waals surface area (Å²) < 4.78 is 5.50. The molecule has 1 aromatic heterocycles. The molecule has 0 amide bonds. The van der Waals surface area contributed by atoms with Crippen molar-refractivity contribution in [2.75, 3.05) is 20.3 Å². The molecule has 0 aromatic carbocycles. The topological polar surface area (TPSA) is 34.1 Å². The number of rotatable bonds is 4. The third-order valence-corrected chi connectivity index (χ3v) is 4.14. The second-order valence-electron chi connectivity index (χ2n) is 4.48. The summed E-state index contributed by atoms with van der Waals surface area (Å²) in [5, 5.41) is 6.70. The quantitative estimate of drug-likeness (QED) is 0.876. The van der Waals surface area contributed by atoms with Crippen LogP contribution in [0, 0.1) is 0 Å². The van der Waals surface area contributed by atoms with Gasteiger partial charge in [0.1, 0.15) is 0 Å². The molecule has 1 fully saturated rings. The normalized spacial score (nSPS) is 23.2. The molecular weight excluding hydrogens is 220 g/mol. The molecule has 4 heteroatoms. The number of ether oxygens (including phenoxy) is 1. The average molecular weight is 240 g/mol. The van der Waals surface area contributed by atoms with E-state index in [2.05, 4.69) is 17.6 Å². The lowest BCUT2D eigenvalue weighted by molar-refractivity contribution is 0.0803. The third kappa shape index (κ3) is 3.03. The predicted octanol–water partition coefficient (Wildman–Crippen LogP) is 2.19. The van der Waals surface area contributed by atoms with Crippen molar-refractivity contribution < 1.29 is 4.74 Å². The lowest BCUT2D eigenvalue weighted by Crippen LogP contribution is -2.23. The minimum Gasteiger partial charge on any atom is -0.381 e. The highest BCUT2D eigenvalue weighted by Gasteiger charge is 2.19. The van der Waals surface area contributed by atoms with Gasteiger partial charge in [-0.3, -0.25) is 0 Å². The smallest absolute Gasteiger partial charge is 0.0982 e. The van der Waals surface area contributed by atoms with Crippen molar-refractivity contribution in [3.63, 3.8) is 0 Å². The van der Waals surface area contributed by atoms with Gasteiger partial charge in [0, 0.05) is 30.4 Å². The van der Waals surface area contributed by atoms with E-state index < -0.39 is 0 Å². The SMILES string of the molecule is CNC(C)Cc1csc(C2CCCOC2)n1. The number of nitrogens with zero attached hydrogens (tertiary/aromatic N) is 1. The largest absolute Gasteiger partial charge is 0.381 e. The number of nitrogens with one attached hydrogen (secondary N) is 1. The van der Waals surface area contributed by atoms with Crippen molar-refractivity contribution in [3.05, 3.63) is 16.1 Å². The monoisotopic (exact) mass is 240 g/mol. The number of thiazole rings is 1. The van der Waals surface area contributed by atoms with E-state index in [1.165, 1.54) is 23.5 Å². The van der Waals surface area contributed by atoms with E-state index in [4.69, 9.17) is 9.72 Å². The molecule has 1 aliphatic heterocycles. The number of likely N-dealkylation sites (N-methyl/N-ethyl adjacent to an activating group) is 1. The Labute approximate surface area is 101 Å². The van der Waals surface area contributed by atoms with E-state index in [-0.39, 0.29) is 0 Å². The van der Waals surface area contributed by atoms with Gasteiger partial charge in [0.05, 0.1) is 17.3 Å². The molecule has 1 aliphatic rings. The molecule has 0 saturated carbocycles. The zero-order valence-corrected chi connectivity index (χ0v) is 10.8. The molecule has 2 heterocycles. The Morgan fingerprint density at radius 3 is 3.25 bits per heavy atom. The van der Waals surface area contributed by atoms with E-state index >= 15 is 0 Å². The standard InChI is InChI=1S/C12H20N2OS/c1-9(13-2)6-11-8-16-12(14-11)10-4-3-5-15-7-10/h8-10,13H,3-7H2,1-2H3. The molecule has 1 N–H and O–H groups in total. The minimum absolute atomic E-state index is 0.498. The minimum atomic E-state index is 0.498. The Kier molecular flexibility index (Phi) is 4.32. The van der Waals surface area contributed by atoms with Crippen LogP contribution in [0.15, 0.2) is 5.38 Å². The van der Waals surface area contributed by atoms with Gasteiger partial charge in [-0.05, 0) is 26.8 Å². The molecular formula is C12H20N2OS. The Morgan fingerprint density at radius 1 is 1.69 bits per heavy atom. The highest BCUT2D eigenvalue weighted by Crippen LogP contribution is 2.28. The summed E-state index contributed by atoms with van der Waals surface area (Å²) in [5.41, 5.74) is 1.22. The molecule has 0 aliphatic carbocycles. The van der Waals surface area contributed by atoms with Gasteiger partial charge in [0.2, 0.25) is 0 Å². The maximum absolute atomic E-state index is 5.50. The summed E-state index contributed by atoms with van der Waals surface area (Å²) in [7, 11) is 1.99. The maximum atomic E-state index is 5.50. The molecule has 2 atom stereocenters. The van der Waals surface area contributed by atoms with Crippen molar-refractivity contribution in [2.45, 2.75) is 38.1 Å². The van der Waals surface area contributed by atoms with E-state index in [1.807, 2.05) is 7.05 Å². The van der Waals surface area contributed by atoms with Crippen LogP contribution < -0.4 is 5.32 Å². The second kappa shape index (κ2) is 5.75. The maximum Gasteiger partial charge on any atom is 0.0982 e. The number of hydrogen-bond acceptors (Lipinski definition) is 4. The van der Waals surface area contributed by atoms with Gasteiger partial charge in [0.25, 0.3) is 0 Å². The van der Waals surface area contributed by atoms with Crippen LogP contribution in [0.3, 0.4) is 0 Å². The Morgan fingerprint density at radius 2 is 2.56 bits per heavy atom. The summed E-state index contributed by atoms with van der Waals surface area (Å²) in [6, 6.07) is 0.498. The molecule has 3 nitrogen and oxygen atoms in total. The summed E-state index contributed by atoms with van der Waals surface area (Å²) in [4.78, 5) is 4.72. The van der Waals surface area contributed by atoms with Crippen LogP contribution in [0.2, 0.25) is 0 Å². The van der Waals surface area contributed by atoms with Crippen LogP contribution in [0.25, 0.3) is 0 Å². The molecule has 1 aromatic rings. The lowest BCUT2D eigenvalue weighted by Gasteiger charge is -2.19. The Hall–Kier alpha value is -0.450. The van der Waals surface area contributed by atoms with Gasteiger partial charge in [0.15, 0.2) is 0 Å². The van der Waals surface area contributed by atoms with Gasteiger partial charge in [-0.2, -0.15) is 0 Å². The Balaban J connectivity index is 1.95. The highest BCUT2D eigenvalue weighted by molar-refractivity contribution is 7.09.